The number of rotatable bonds is 4. The van der Waals surface area contributed by atoms with Gasteiger partial charge in [0, 0.05) is 6.54 Å². The van der Waals surface area contributed by atoms with Crippen LogP contribution in [0.2, 0.25) is 0 Å². The number of benzene rings is 1. The second-order valence-electron chi connectivity index (χ2n) is 3.17. The van der Waals surface area contributed by atoms with Crippen molar-refractivity contribution in [3.8, 4) is 0 Å². The van der Waals surface area contributed by atoms with E-state index < -0.39 is 11.6 Å². The maximum absolute atomic E-state index is 10.5. The van der Waals surface area contributed by atoms with Crippen molar-refractivity contribution >= 4 is 5.97 Å². The predicted molar refractivity (Wildman–Crippen MR) is 51.6 cm³/mol. The third-order valence-electron chi connectivity index (χ3n) is 2.09. The van der Waals surface area contributed by atoms with Crippen molar-refractivity contribution in [2.45, 2.75) is 12.0 Å². The highest BCUT2D eigenvalue weighted by Gasteiger charge is 2.30. The molecule has 1 aromatic rings. The molecule has 0 fully saturated rings. The van der Waals surface area contributed by atoms with Gasteiger partial charge in [-0.15, -0.1) is 0 Å². The molecule has 1 rings (SSSR count). The second-order valence-corrected chi connectivity index (χ2v) is 3.17. The van der Waals surface area contributed by atoms with Gasteiger partial charge in [0.05, 0.1) is 6.42 Å². The van der Waals surface area contributed by atoms with Crippen LogP contribution in [-0.2, 0) is 10.4 Å². The Balaban J connectivity index is 2.95. The summed E-state index contributed by atoms with van der Waals surface area (Å²) < 4.78 is 0. The van der Waals surface area contributed by atoms with Gasteiger partial charge in [0.2, 0.25) is 0 Å². The summed E-state index contributed by atoms with van der Waals surface area (Å²) in [7, 11) is 0. The Hall–Kier alpha value is -1.39. The average molecular weight is 195 g/mol. The second kappa shape index (κ2) is 4.21. The van der Waals surface area contributed by atoms with E-state index >= 15 is 0 Å². The minimum atomic E-state index is -1.47. The molecule has 0 amide bonds. The molecule has 0 aliphatic carbocycles. The molecule has 0 bridgehead atoms. The predicted octanol–water partition coefficient (Wildman–Crippen LogP) is 0.308. The Bertz CT molecular complexity index is 312. The molecule has 76 valence electrons. The molecule has 14 heavy (non-hydrogen) atoms. The van der Waals surface area contributed by atoms with Crippen LogP contribution in [0.4, 0.5) is 0 Å². The third kappa shape index (κ3) is 2.31. The minimum absolute atomic E-state index is 0.108. The SMILES string of the molecule is NCC(O)(CC(=O)O)c1ccccc1. The summed E-state index contributed by atoms with van der Waals surface area (Å²) >= 11 is 0. The number of nitrogens with two attached hydrogens (primary N) is 1. The highest BCUT2D eigenvalue weighted by atomic mass is 16.4. The smallest absolute Gasteiger partial charge is 0.306 e. The molecule has 1 atom stereocenters. The number of hydrogen-bond acceptors (Lipinski definition) is 3. The zero-order chi connectivity index (χ0) is 10.6. The standard InChI is InChI=1S/C10H13NO3/c11-7-10(14,6-9(12)13)8-4-2-1-3-5-8/h1-5,14H,6-7,11H2,(H,12,13). The Morgan fingerprint density at radius 1 is 1.36 bits per heavy atom. The molecular formula is C10H13NO3. The van der Waals surface area contributed by atoms with Crippen molar-refractivity contribution in [2.24, 2.45) is 5.73 Å². The van der Waals surface area contributed by atoms with Crippen LogP contribution in [0, 0.1) is 0 Å². The summed E-state index contributed by atoms with van der Waals surface area (Å²) in [6.07, 6.45) is -0.381. The van der Waals surface area contributed by atoms with Crippen LogP contribution >= 0.6 is 0 Å². The maximum Gasteiger partial charge on any atom is 0.306 e. The molecular weight excluding hydrogens is 182 g/mol. The van der Waals surface area contributed by atoms with Crippen LogP contribution in [0.25, 0.3) is 0 Å². The molecule has 0 heterocycles. The molecule has 1 aromatic carbocycles. The van der Waals surface area contributed by atoms with Crippen molar-refractivity contribution in [3.05, 3.63) is 35.9 Å². The van der Waals surface area contributed by atoms with Crippen molar-refractivity contribution < 1.29 is 15.0 Å². The molecule has 0 radical (unpaired) electrons. The monoisotopic (exact) mass is 195 g/mol. The molecule has 0 saturated carbocycles. The lowest BCUT2D eigenvalue weighted by atomic mass is 9.91. The van der Waals surface area contributed by atoms with Crippen LogP contribution in [0.3, 0.4) is 0 Å². The van der Waals surface area contributed by atoms with Gasteiger partial charge in [-0.05, 0) is 5.56 Å². The largest absolute Gasteiger partial charge is 0.481 e. The van der Waals surface area contributed by atoms with Gasteiger partial charge in [-0.25, -0.2) is 0 Å². The summed E-state index contributed by atoms with van der Waals surface area (Å²) in [6, 6.07) is 8.59. The first-order chi connectivity index (χ1) is 6.58. The molecule has 1 unspecified atom stereocenters. The van der Waals surface area contributed by atoms with E-state index in [0.29, 0.717) is 5.56 Å². The van der Waals surface area contributed by atoms with Crippen molar-refractivity contribution in [1.82, 2.24) is 0 Å². The third-order valence-corrected chi connectivity index (χ3v) is 2.09. The highest BCUT2D eigenvalue weighted by Crippen LogP contribution is 2.23. The molecule has 0 aliphatic rings. The summed E-state index contributed by atoms with van der Waals surface area (Å²) in [5, 5.41) is 18.6. The van der Waals surface area contributed by atoms with Gasteiger partial charge >= 0.3 is 5.97 Å². The van der Waals surface area contributed by atoms with Crippen LogP contribution < -0.4 is 5.73 Å². The van der Waals surface area contributed by atoms with Crippen LogP contribution in [0.15, 0.2) is 30.3 Å². The number of carbonyl (C=O) groups is 1. The van der Waals surface area contributed by atoms with E-state index in [1.54, 1.807) is 30.3 Å². The van der Waals surface area contributed by atoms with Gasteiger partial charge in [0.25, 0.3) is 0 Å². The topological polar surface area (TPSA) is 83.5 Å². The van der Waals surface area contributed by atoms with Crippen LogP contribution in [0.5, 0.6) is 0 Å². The lowest BCUT2D eigenvalue weighted by Gasteiger charge is -2.24. The number of carboxylic acid groups (broad SMARTS) is 1. The van der Waals surface area contributed by atoms with Crippen LogP contribution in [0.1, 0.15) is 12.0 Å². The molecule has 4 N–H and O–H groups in total. The Kier molecular flexibility index (Phi) is 3.22. The zero-order valence-corrected chi connectivity index (χ0v) is 7.68. The van der Waals surface area contributed by atoms with E-state index in [-0.39, 0.29) is 13.0 Å². The first kappa shape index (κ1) is 10.7. The Morgan fingerprint density at radius 3 is 2.36 bits per heavy atom. The normalized spacial score (nSPS) is 14.7. The Labute approximate surface area is 82.0 Å². The zero-order valence-electron chi connectivity index (χ0n) is 7.68. The fraction of sp³-hybridized carbons (Fsp3) is 0.300. The first-order valence-electron chi connectivity index (χ1n) is 4.28. The van der Waals surface area contributed by atoms with Gasteiger partial charge in [0.1, 0.15) is 5.60 Å². The lowest BCUT2D eigenvalue weighted by molar-refractivity contribution is -0.142. The first-order valence-corrected chi connectivity index (χ1v) is 4.28. The van der Waals surface area contributed by atoms with Gasteiger partial charge in [-0.1, -0.05) is 30.3 Å². The van der Waals surface area contributed by atoms with Crippen molar-refractivity contribution in [1.29, 1.82) is 0 Å². The summed E-state index contributed by atoms with van der Waals surface area (Å²) in [6.45, 7) is -0.108. The molecule has 4 heteroatoms. The lowest BCUT2D eigenvalue weighted by Crippen LogP contribution is -2.37. The fourth-order valence-electron chi connectivity index (χ4n) is 1.29. The fourth-order valence-corrected chi connectivity index (χ4v) is 1.29. The average Bonchev–Trinajstić information content (AvgIpc) is 2.18. The quantitative estimate of drug-likeness (QED) is 0.645. The van der Waals surface area contributed by atoms with E-state index in [1.165, 1.54) is 0 Å². The molecule has 4 nitrogen and oxygen atoms in total. The molecule has 0 saturated heterocycles. The maximum atomic E-state index is 10.5. The van der Waals surface area contributed by atoms with Crippen molar-refractivity contribution in [3.63, 3.8) is 0 Å². The van der Waals surface area contributed by atoms with Crippen LogP contribution in [-0.4, -0.2) is 22.7 Å². The number of aliphatic hydroxyl groups is 1. The minimum Gasteiger partial charge on any atom is -0.481 e. The number of aliphatic carboxylic acids is 1. The van der Waals surface area contributed by atoms with Gasteiger partial charge < -0.3 is 15.9 Å². The summed E-state index contributed by atoms with van der Waals surface area (Å²) in [5.74, 6) is -1.07. The van der Waals surface area contributed by atoms with E-state index in [1.807, 2.05) is 0 Å². The van der Waals surface area contributed by atoms with E-state index in [0.717, 1.165) is 0 Å². The van der Waals surface area contributed by atoms with E-state index in [2.05, 4.69) is 0 Å². The number of hydrogen-bond donors (Lipinski definition) is 3. The van der Waals surface area contributed by atoms with E-state index in [4.69, 9.17) is 10.8 Å². The summed E-state index contributed by atoms with van der Waals surface area (Å²) in [4.78, 5) is 10.5. The molecule has 0 aliphatic heterocycles. The van der Waals surface area contributed by atoms with Gasteiger partial charge in [0.15, 0.2) is 0 Å². The summed E-state index contributed by atoms with van der Waals surface area (Å²) in [5.41, 5.74) is 4.44. The molecule has 0 aromatic heterocycles. The molecule has 0 spiro atoms. The van der Waals surface area contributed by atoms with Gasteiger partial charge in [-0.2, -0.15) is 0 Å². The van der Waals surface area contributed by atoms with Crippen molar-refractivity contribution in [2.75, 3.05) is 6.54 Å². The Morgan fingerprint density at radius 2 is 1.93 bits per heavy atom. The highest BCUT2D eigenvalue weighted by molar-refractivity contribution is 5.68. The van der Waals surface area contributed by atoms with Gasteiger partial charge in [-0.3, -0.25) is 4.79 Å². The van der Waals surface area contributed by atoms with E-state index in [9.17, 15) is 9.90 Å². The number of carboxylic acids is 1.